The summed E-state index contributed by atoms with van der Waals surface area (Å²) in [4.78, 5) is 11.6. The lowest BCUT2D eigenvalue weighted by molar-refractivity contribution is -0.121. The van der Waals surface area contributed by atoms with Gasteiger partial charge in [-0.1, -0.05) is 36.2 Å². The molecule has 0 aliphatic carbocycles. The lowest BCUT2D eigenvalue weighted by Gasteiger charge is -2.14. The minimum Gasteiger partial charge on any atom is -0.394 e. The highest BCUT2D eigenvalue weighted by Gasteiger charge is 2.10. The van der Waals surface area contributed by atoms with Crippen LogP contribution in [0.2, 0.25) is 10.0 Å². The van der Waals surface area contributed by atoms with E-state index in [-0.39, 0.29) is 25.0 Å². The number of rotatable bonds is 5. The monoisotopic (exact) mass is 275 g/mol. The number of amides is 1. The van der Waals surface area contributed by atoms with Crippen molar-refractivity contribution in [3.63, 3.8) is 0 Å². The van der Waals surface area contributed by atoms with Gasteiger partial charge < -0.3 is 10.4 Å². The maximum Gasteiger partial charge on any atom is 0.224 e. The molecule has 0 radical (unpaired) electrons. The Morgan fingerprint density at radius 2 is 2.12 bits per heavy atom. The number of benzene rings is 1. The summed E-state index contributed by atoms with van der Waals surface area (Å²) in [6.45, 7) is 1.85. The topological polar surface area (TPSA) is 49.3 Å². The minimum atomic E-state index is -0.190. The van der Waals surface area contributed by atoms with Gasteiger partial charge in [0.25, 0.3) is 0 Å². The standard InChI is InChI=1S/C12H15Cl2NO2/c1-2-9(7-16)15-12(17)6-8-3-4-10(13)11(14)5-8/h3-5,9,16H,2,6-7H2,1H3,(H,15,17). The zero-order valence-corrected chi connectivity index (χ0v) is 11.1. The van der Waals surface area contributed by atoms with Crippen LogP contribution >= 0.6 is 23.2 Å². The molecule has 94 valence electrons. The second-order valence-corrected chi connectivity index (χ2v) is 4.59. The lowest BCUT2D eigenvalue weighted by atomic mass is 10.1. The van der Waals surface area contributed by atoms with Gasteiger partial charge in [-0.2, -0.15) is 0 Å². The van der Waals surface area contributed by atoms with Gasteiger partial charge in [-0.05, 0) is 24.1 Å². The van der Waals surface area contributed by atoms with Crippen molar-refractivity contribution in [2.45, 2.75) is 25.8 Å². The highest BCUT2D eigenvalue weighted by atomic mass is 35.5. The third-order valence-electron chi connectivity index (χ3n) is 2.43. The van der Waals surface area contributed by atoms with Crippen LogP contribution in [0.15, 0.2) is 18.2 Å². The molecule has 0 bridgehead atoms. The third kappa shape index (κ3) is 4.54. The molecule has 1 unspecified atom stereocenters. The van der Waals surface area contributed by atoms with Gasteiger partial charge in [0.1, 0.15) is 0 Å². The van der Waals surface area contributed by atoms with E-state index in [1.165, 1.54) is 0 Å². The minimum absolute atomic E-state index is 0.0520. The van der Waals surface area contributed by atoms with E-state index in [9.17, 15) is 4.79 Å². The Balaban J connectivity index is 2.58. The molecule has 0 saturated heterocycles. The third-order valence-corrected chi connectivity index (χ3v) is 3.17. The second kappa shape index (κ2) is 6.84. The van der Waals surface area contributed by atoms with Gasteiger partial charge in [-0.15, -0.1) is 0 Å². The van der Waals surface area contributed by atoms with Crippen LogP contribution in [0.25, 0.3) is 0 Å². The average Bonchev–Trinajstić information content (AvgIpc) is 2.31. The van der Waals surface area contributed by atoms with Crippen LogP contribution in [-0.4, -0.2) is 23.7 Å². The van der Waals surface area contributed by atoms with E-state index in [0.717, 1.165) is 5.56 Å². The van der Waals surface area contributed by atoms with Gasteiger partial charge in [0, 0.05) is 0 Å². The van der Waals surface area contributed by atoms with Crippen LogP contribution in [0.5, 0.6) is 0 Å². The average molecular weight is 276 g/mol. The molecule has 0 saturated carbocycles. The van der Waals surface area contributed by atoms with Gasteiger partial charge in [-0.25, -0.2) is 0 Å². The maximum absolute atomic E-state index is 11.6. The van der Waals surface area contributed by atoms with Crippen molar-refractivity contribution in [3.05, 3.63) is 33.8 Å². The summed E-state index contributed by atoms with van der Waals surface area (Å²) in [5, 5.41) is 12.6. The molecule has 2 N–H and O–H groups in total. The van der Waals surface area contributed by atoms with Crippen LogP contribution < -0.4 is 5.32 Å². The van der Waals surface area contributed by atoms with Crippen LogP contribution in [0.4, 0.5) is 0 Å². The normalized spacial score (nSPS) is 12.2. The first-order valence-corrected chi connectivity index (χ1v) is 6.16. The Kier molecular flexibility index (Phi) is 5.75. The van der Waals surface area contributed by atoms with Crippen molar-refractivity contribution in [3.8, 4) is 0 Å². The SMILES string of the molecule is CCC(CO)NC(=O)Cc1ccc(Cl)c(Cl)c1. The number of aliphatic hydroxyl groups excluding tert-OH is 1. The van der Waals surface area contributed by atoms with Crippen LogP contribution in [-0.2, 0) is 11.2 Å². The van der Waals surface area contributed by atoms with E-state index in [2.05, 4.69) is 5.32 Å². The molecule has 1 aromatic rings. The summed E-state index contributed by atoms with van der Waals surface area (Å²) >= 11 is 11.6. The molecule has 0 spiro atoms. The molecule has 0 aliphatic rings. The number of aliphatic hydroxyl groups is 1. The zero-order valence-electron chi connectivity index (χ0n) is 9.54. The Hall–Kier alpha value is -0.770. The molecule has 1 amide bonds. The van der Waals surface area contributed by atoms with Crippen molar-refractivity contribution in [2.24, 2.45) is 0 Å². The zero-order chi connectivity index (χ0) is 12.8. The molecule has 3 nitrogen and oxygen atoms in total. The van der Waals surface area contributed by atoms with Gasteiger partial charge in [0.2, 0.25) is 5.91 Å². The second-order valence-electron chi connectivity index (χ2n) is 3.78. The largest absolute Gasteiger partial charge is 0.394 e. The Morgan fingerprint density at radius 3 is 2.65 bits per heavy atom. The molecule has 1 atom stereocenters. The molecule has 1 aromatic carbocycles. The van der Waals surface area contributed by atoms with Gasteiger partial charge in [0.05, 0.1) is 29.1 Å². The lowest BCUT2D eigenvalue weighted by Crippen LogP contribution is -2.37. The van der Waals surface area contributed by atoms with E-state index in [1.807, 2.05) is 6.92 Å². The number of hydrogen-bond acceptors (Lipinski definition) is 2. The van der Waals surface area contributed by atoms with Gasteiger partial charge in [-0.3, -0.25) is 4.79 Å². The molecule has 1 rings (SSSR count). The summed E-state index contributed by atoms with van der Waals surface area (Å²) in [6, 6.07) is 4.90. The number of carbonyl (C=O) groups is 1. The number of nitrogens with one attached hydrogen (secondary N) is 1. The van der Waals surface area contributed by atoms with E-state index in [0.29, 0.717) is 16.5 Å². The van der Waals surface area contributed by atoms with Crippen LogP contribution in [0.3, 0.4) is 0 Å². The van der Waals surface area contributed by atoms with Crippen molar-refractivity contribution in [1.82, 2.24) is 5.32 Å². The van der Waals surface area contributed by atoms with Crippen molar-refractivity contribution in [2.75, 3.05) is 6.61 Å². The maximum atomic E-state index is 11.6. The fraction of sp³-hybridized carbons (Fsp3) is 0.417. The first kappa shape index (κ1) is 14.3. The highest BCUT2D eigenvalue weighted by Crippen LogP contribution is 2.22. The summed E-state index contributed by atoms with van der Waals surface area (Å²) < 4.78 is 0. The van der Waals surface area contributed by atoms with Gasteiger partial charge in [0.15, 0.2) is 0 Å². The van der Waals surface area contributed by atoms with Crippen molar-refractivity contribution >= 4 is 29.1 Å². The molecule has 17 heavy (non-hydrogen) atoms. The van der Waals surface area contributed by atoms with E-state index < -0.39 is 0 Å². The quantitative estimate of drug-likeness (QED) is 0.867. The van der Waals surface area contributed by atoms with E-state index in [1.54, 1.807) is 18.2 Å². The number of carbonyl (C=O) groups excluding carboxylic acids is 1. The van der Waals surface area contributed by atoms with E-state index >= 15 is 0 Å². The molecular weight excluding hydrogens is 261 g/mol. The predicted octanol–water partition coefficient (Wildman–Crippen LogP) is 2.42. The summed E-state index contributed by atoms with van der Waals surface area (Å²) in [5.74, 6) is -0.135. The van der Waals surface area contributed by atoms with Crippen molar-refractivity contribution in [1.29, 1.82) is 0 Å². The molecule has 5 heteroatoms. The number of halogens is 2. The Bertz CT molecular complexity index is 392. The molecular formula is C12H15Cl2NO2. The summed E-state index contributed by atoms with van der Waals surface area (Å²) in [7, 11) is 0. The van der Waals surface area contributed by atoms with Gasteiger partial charge >= 0.3 is 0 Å². The summed E-state index contributed by atoms with van der Waals surface area (Å²) in [6.07, 6.45) is 0.928. The first-order valence-electron chi connectivity index (χ1n) is 5.41. The smallest absolute Gasteiger partial charge is 0.224 e. The fourth-order valence-corrected chi connectivity index (χ4v) is 1.71. The predicted molar refractivity (Wildman–Crippen MR) is 69.5 cm³/mol. The molecule has 0 fully saturated rings. The Morgan fingerprint density at radius 1 is 1.41 bits per heavy atom. The van der Waals surface area contributed by atoms with Crippen LogP contribution in [0, 0.1) is 0 Å². The molecule has 0 heterocycles. The molecule has 0 aromatic heterocycles. The Labute approximate surface area is 111 Å². The number of hydrogen-bond donors (Lipinski definition) is 2. The van der Waals surface area contributed by atoms with E-state index in [4.69, 9.17) is 28.3 Å². The fourth-order valence-electron chi connectivity index (χ4n) is 1.39. The highest BCUT2D eigenvalue weighted by molar-refractivity contribution is 6.42. The van der Waals surface area contributed by atoms with Crippen LogP contribution in [0.1, 0.15) is 18.9 Å². The first-order chi connectivity index (χ1) is 8.06. The summed E-state index contributed by atoms with van der Waals surface area (Å²) in [5.41, 5.74) is 0.796. The molecule has 0 aliphatic heterocycles. The van der Waals surface area contributed by atoms with Crippen molar-refractivity contribution < 1.29 is 9.90 Å².